The van der Waals surface area contributed by atoms with E-state index in [9.17, 15) is 8.42 Å². The van der Waals surface area contributed by atoms with Crippen LogP contribution >= 0.6 is 11.6 Å². The lowest BCUT2D eigenvalue weighted by Gasteiger charge is -2.19. The molecule has 0 atom stereocenters. The predicted molar refractivity (Wildman–Crippen MR) is 85.7 cm³/mol. The van der Waals surface area contributed by atoms with Crippen LogP contribution in [0.15, 0.2) is 47.4 Å². The zero-order valence-electron chi connectivity index (χ0n) is 11.9. The zero-order valence-corrected chi connectivity index (χ0v) is 13.4. The summed E-state index contributed by atoms with van der Waals surface area (Å²) < 4.78 is 26.6. The van der Waals surface area contributed by atoms with Crippen LogP contribution in [0.25, 0.3) is 0 Å². The van der Waals surface area contributed by atoms with Crippen LogP contribution in [0.2, 0.25) is 5.02 Å². The van der Waals surface area contributed by atoms with Crippen LogP contribution in [0, 0.1) is 6.92 Å². The van der Waals surface area contributed by atoms with E-state index in [4.69, 9.17) is 17.3 Å². The van der Waals surface area contributed by atoms with Crippen molar-refractivity contribution in [1.82, 2.24) is 4.31 Å². The lowest BCUT2D eigenvalue weighted by atomic mass is 10.2. The molecule has 0 radical (unpaired) electrons. The molecule has 0 saturated carbocycles. The number of rotatable bonds is 4. The van der Waals surface area contributed by atoms with Gasteiger partial charge in [-0.25, -0.2) is 8.42 Å². The molecular weight excluding hydrogens is 308 g/mol. The summed E-state index contributed by atoms with van der Waals surface area (Å²) in [5.41, 5.74) is 7.54. The average Bonchev–Trinajstić information content (AvgIpc) is 2.43. The molecule has 2 rings (SSSR count). The first-order valence-electron chi connectivity index (χ1n) is 6.38. The standard InChI is InChI=1S/C15H17ClN2O2S/c1-11-7-8-13(17)9-15(11)21(19,20)18(2)10-12-5-3-4-6-14(12)16/h3-9H,10,17H2,1-2H3. The van der Waals surface area contributed by atoms with Gasteiger partial charge in [-0.3, -0.25) is 0 Å². The summed E-state index contributed by atoms with van der Waals surface area (Å²) in [7, 11) is -2.08. The van der Waals surface area contributed by atoms with Crippen molar-refractivity contribution in [2.45, 2.75) is 18.4 Å². The van der Waals surface area contributed by atoms with E-state index in [2.05, 4.69) is 0 Å². The quantitative estimate of drug-likeness (QED) is 0.879. The smallest absolute Gasteiger partial charge is 0.243 e. The van der Waals surface area contributed by atoms with Crippen LogP contribution in [-0.2, 0) is 16.6 Å². The highest BCUT2D eigenvalue weighted by Crippen LogP contribution is 2.24. The van der Waals surface area contributed by atoms with Gasteiger partial charge in [-0.2, -0.15) is 4.31 Å². The second-order valence-corrected chi connectivity index (χ2v) is 7.30. The number of sulfonamides is 1. The van der Waals surface area contributed by atoms with Crippen LogP contribution < -0.4 is 5.73 Å². The topological polar surface area (TPSA) is 63.4 Å². The van der Waals surface area contributed by atoms with Crippen molar-refractivity contribution < 1.29 is 8.42 Å². The third kappa shape index (κ3) is 3.37. The van der Waals surface area contributed by atoms with Crippen LogP contribution in [0.4, 0.5) is 5.69 Å². The molecule has 4 nitrogen and oxygen atoms in total. The molecule has 0 amide bonds. The zero-order chi connectivity index (χ0) is 15.6. The summed E-state index contributed by atoms with van der Waals surface area (Å²) in [6.45, 7) is 1.95. The number of nitrogens with two attached hydrogens (primary N) is 1. The second kappa shape index (κ2) is 6.05. The fraction of sp³-hybridized carbons (Fsp3) is 0.200. The number of anilines is 1. The van der Waals surface area contributed by atoms with Gasteiger partial charge in [-0.05, 0) is 36.2 Å². The molecule has 2 aromatic carbocycles. The van der Waals surface area contributed by atoms with Gasteiger partial charge in [-0.15, -0.1) is 0 Å². The van der Waals surface area contributed by atoms with Gasteiger partial charge in [0, 0.05) is 24.3 Å². The minimum Gasteiger partial charge on any atom is -0.399 e. The molecule has 0 heterocycles. The first-order valence-corrected chi connectivity index (χ1v) is 8.20. The normalized spacial score (nSPS) is 11.8. The number of nitrogen functional groups attached to an aromatic ring is 1. The minimum atomic E-state index is -3.61. The first-order chi connectivity index (χ1) is 9.82. The molecule has 2 aromatic rings. The molecule has 0 aliphatic heterocycles. The van der Waals surface area contributed by atoms with Crippen molar-refractivity contribution in [2.24, 2.45) is 0 Å². The van der Waals surface area contributed by atoms with Crippen molar-refractivity contribution >= 4 is 27.3 Å². The summed E-state index contributed by atoms with van der Waals surface area (Å²) in [5, 5.41) is 0.545. The van der Waals surface area contributed by atoms with E-state index in [1.807, 2.05) is 12.1 Å². The Kier molecular flexibility index (Phi) is 4.56. The van der Waals surface area contributed by atoms with E-state index in [1.165, 1.54) is 17.4 Å². The molecule has 112 valence electrons. The molecular formula is C15H17ClN2O2S. The molecule has 2 N–H and O–H groups in total. The molecule has 0 fully saturated rings. The number of hydrogen-bond donors (Lipinski definition) is 1. The second-order valence-electron chi connectivity index (χ2n) is 4.88. The van der Waals surface area contributed by atoms with Gasteiger partial charge in [-0.1, -0.05) is 35.9 Å². The van der Waals surface area contributed by atoms with Gasteiger partial charge in [0.05, 0.1) is 4.90 Å². The van der Waals surface area contributed by atoms with E-state index in [0.717, 1.165) is 5.56 Å². The highest BCUT2D eigenvalue weighted by atomic mass is 35.5. The highest BCUT2D eigenvalue weighted by Gasteiger charge is 2.23. The van der Waals surface area contributed by atoms with Gasteiger partial charge in [0.25, 0.3) is 0 Å². The molecule has 0 bridgehead atoms. The lowest BCUT2D eigenvalue weighted by molar-refractivity contribution is 0.466. The molecule has 0 aliphatic rings. The fourth-order valence-corrected chi connectivity index (χ4v) is 3.61. The van der Waals surface area contributed by atoms with Crippen molar-refractivity contribution in [2.75, 3.05) is 12.8 Å². The molecule has 6 heteroatoms. The fourth-order valence-electron chi connectivity index (χ4n) is 2.01. The van der Waals surface area contributed by atoms with Crippen molar-refractivity contribution in [3.05, 3.63) is 58.6 Å². The Bertz CT molecular complexity index is 760. The van der Waals surface area contributed by atoms with Gasteiger partial charge in [0.15, 0.2) is 0 Å². The van der Waals surface area contributed by atoms with E-state index >= 15 is 0 Å². The van der Waals surface area contributed by atoms with Crippen LogP contribution in [0.5, 0.6) is 0 Å². The molecule has 21 heavy (non-hydrogen) atoms. The predicted octanol–water partition coefficient (Wildman–Crippen LogP) is 3.05. The Hall–Kier alpha value is -1.56. The lowest BCUT2D eigenvalue weighted by Crippen LogP contribution is -2.27. The van der Waals surface area contributed by atoms with E-state index in [1.54, 1.807) is 31.2 Å². The first kappa shape index (κ1) is 15.8. The third-order valence-corrected chi connectivity index (χ3v) is 5.57. The number of halogens is 1. The van der Waals surface area contributed by atoms with Gasteiger partial charge < -0.3 is 5.73 Å². The van der Waals surface area contributed by atoms with E-state index < -0.39 is 10.0 Å². The largest absolute Gasteiger partial charge is 0.399 e. The molecule has 0 spiro atoms. The van der Waals surface area contributed by atoms with Gasteiger partial charge in [0.2, 0.25) is 10.0 Å². The summed E-state index contributed by atoms with van der Waals surface area (Å²) in [5.74, 6) is 0. The number of nitrogens with zero attached hydrogens (tertiary/aromatic N) is 1. The Morgan fingerprint density at radius 1 is 1.19 bits per heavy atom. The van der Waals surface area contributed by atoms with Gasteiger partial charge >= 0.3 is 0 Å². The van der Waals surface area contributed by atoms with E-state index in [-0.39, 0.29) is 11.4 Å². The summed E-state index contributed by atoms with van der Waals surface area (Å²) >= 11 is 6.08. The third-order valence-electron chi connectivity index (χ3n) is 3.25. The average molecular weight is 325 g/mol. The van der Waals surface area contributed by atoms with Crippen LogP contribution in [0.1, 0.15) is 11.1 Å². The van der Waals surface area contributed by atoms with Crippen molar-refractivity contribution in [1.29, 1.82) is 0 Å². The van der Waals surface area contributed by atoms with Crippen molar-refractivity contribution in [3.63, 3.8) is 0 Å². The van der Waals surface area contributed by atoms with Crippen LogP contribution in [-0.4, -0.2) is 19.8 Å². The molecule has 0 saturated heterocycles. The summed E-state index contributed by atoms with van der Waals surface area (Å²) in [4.78, 5) is 0.219. The molecule has 0 unspecified atom stereocenters. The maximum absolute atomic E-state index is 12.6. The summed E-state index contributed by atoms with van der Waals surface area (Å²) in [6.07, 6.45) is 0. The Morgan fingerprint density at radius 3 is 2.52 bits per heavy atom. The Labute approximate surface area is 130 Å². The number of hydrogen-bond acceptors (Lipinski definition) is 3. The Morgan fingerprint density at radius 2 is 1.86 bits per heavy atom. The minimum absolute atomic E-state index is 0.205. The number of aryl methyl sites for hydroxylation is 1. The van der Waals surface area contributed by atoms with E-state index in [0.29, 0.717) is 16.3 Å². The van der Waals surface area contributed by atoms with Crippen LogP contribution in [0.3, 0.4) is 0 Å². The molecule has 0 aromatic heterocycles. The maximum atomic E-state index is 12.6. The monoisotopic (exact) mass is 324 g/mol. The summed E-state index contributed by atoms with van der Waals surface area (Å²) in [6, 6.07) is 12.0. The number of benzene rings is 2. The Balaban J connectivity index is 2.35. The highest BCUT2D eigenvalue weighted by molar-refractivity contribution is 7.89. The van der Waals surface area contributed by atoms with Crippen molar-refractivity contribution in [3.8, 4) is 0 Å². The molecule has 0 aliphatic carbocycles. The SMILES string of the molecule is Cc1ccc(N)cc1S(=O)(=O)N(C)Cc1ccccc1Cl. The van der Waals surface area contributed by atoms with Gasteiger partial charge in [0.1, 0.15) is 0 Å². The maximum Gasteiger partial charge on any atom is 0.243 e.